The summed E-state index contributed by atoms with van der Waals surface area (Å²) in [5.74, 6) is 1.15. The van der Waals surface area contributed by atoms with Gasteiger partial charge in [-0.3, -0.25) is 9.59 Å². The number of amides is 2. The summed E-state index contributed by atoms with van der Waals surface area (Å²) in [6.45, 7) is 4.62. The Bertz CT molecular complexity index is 472. The van der Waals surface area contributed by atoms with E-state index in [1.165, 1.54) is 31.4 Å². The Morgan fingerprint density at radius 1 is 1.09 bits per heavy atom. The molecule has 1 aliphatic carbocycles. The molecule has 4 heteroatoms. The van der Waals surface area contributed by atoms with Crippen LogP contribution in [0.3, 0.4) is 0 Å². The normalized spacial score (nSPS) is 28.9. The van der Waals surface area contributed by atoms with Gasteiger partial charge in [-0.1, -0.05) is 13.0 Å². The van der Waals surface area contributed by atoms with E-state index in [1.54, 1.807) is 0 Å². The van der Waals surface area contributed by atoms with Gasteiger partial charge in [-0.2, -0.15) is 0 Å². The van der Waals surface area contributed by atoms with Crippen molar-refractivity contribution in [2.75, 3.05) is 19.6 Å². The third-order valence-corrected chi connectivity index (χ3v) is 5.39. The fourth-order valence-electron chi connectivity index (χ4n) is 4.20. The molecule has 3 rings (SSSR count). The number of carbonyl (C=O) groups excluding carboxylic acids is 2. The fourth-order valence-corrected chi connectivity index (χ4v) is 4.20. The van der Waals surface area contributed by atoms with E-state index in [9.17, 15) is 9.59 Å². The molecule has 4 nitrogen and oxygen atoms in total. The highest BCUT2D eigenvalue weighted by molar-refractivity contribution is 5.97. The van der Waals surface area contributed by atoms with E-state index in [4.69, 9.17) is 0 Å². The number of nitrogens with zero attached hydrogens (tertiary/aromatic N) is 2. The molecule has 0 radical (unpaired) electrons. The molecule has 22 heavy (non-hydrogen) atoms. The molecule has 2 atom stereocenters. The zero-order valence-electron chi connectivity index (χ0n) is 13.7. The second-order valence-corrected chi connectivity index (χ2v) is 7.21. The molecule has 2 aliphatic heterocycles. The molecule has 0 saturated carbocycles. The summed E-state index contributed by atoms with van der Waals surface area (Å²) in [6.07, 6.45) is 10.3. The maximum absolute atomic E-state index is 12.6. The van der Waals surface area contributed by atoms with Crippen molar-refractivity contribution in [2.24, 2.45) is 11.8 Å². The van der Waals surface area contributed by atoms with Gasteiger partial charge in [0.1, 0.15) is 6.42 Å². The Morgan fingerprint density at radius 2 is 1.86 bits per heavy atom. The first kappa shape index (κ1) is 15.6. The summed E-state index contributed by atoms with van der Waals surface area (Å²) in [5.41, 5.74) is 1.21. The minimum atomic E-state index is 0.0149. The van der Waals surface area contributed by atoms with Crippen molar-refractivity contribution >= 4 is 11.8 Å². The third kappa shape index (κ3) is 3.36. The Hall–Kier alpha value is -1.32. The summed E-state index contributed by atoms with van der Waals surface area (Å²) in [5, 5.41) is 0. The number of rotatable bonds is 2. The lowest BCUT2D eigenvalue weighted by molar-refractivity contribution is -0.141. The van der Waals surface area contributed by atoms with E-state index >= 15 is 0 Å². The molecular weight excluding hydrogens is 276 g/mol. The molecule has 2 fully saturated rings. The van der Waals surface area contributed by atoms with Gasteiger partial charge in [0.2, 0.25) is 11.8 Å². The van der Waals surface area contributed by atoms with Gasteiger partial charge in [-0.25, -0.2) is 0 Å². The molecule has 2 unspecified atom stereocenters. The van der Waals surface area contributed by atoms with E-state index in [1.807, 2.05) is 9.80 Å². The fraction of sp³-hybridized carbons (Fsp3) is 0.778. The molecule has 0 N–H and O–H groups in total. The number of fused-ring (bicyclic) bond motifs is 1. The van der Waals surface area contributed by atoms with E-state index in [0.717, 1.165) is 38.9 Å². The molecule has 0 aromatic rings. The van der Waals surface area contributed by atoms with Gasteiger partial charge in [0.15, 0.2) is 0 Å². The maximum atomic E-state index is 12.6. The highest BCUT2D eigenvalue weighted by Crippen LogP contribution is 2.35. The molecule has 2 amide bonds. The summed E-state index contributed by atoms with van der Waals surface area (Å²) in [4.78, 5) is 28.8. The monoisotopic (exact) mass is 304 g/mol. The Balaban J connectivity index is 1.61. The molecule has 0 spiro atoms. The minimum Gasteiger partial charge on any atom is -0.342 e. The van der Waals surface area contributed by atoms with Gasteiger partial charge in [0, 0.05) is 25.3 Å². The molecule has 122 valence electrons. The van der Waals surface area contributed by atoms with Crippen LogP contribution in [0.2, 0.25) is 0 Å². The number of likely N-dealkylation sites (tertiary alicyclic amines) is 2. The summed E-state index contributed by atoms with van der Waals surface area (Å²) < 4.78 is 0. The average molecular weight is 304 g/mol. The number of hydrogen-bond donors (Lipinski definition) is 0. The maximum Gasteiger partial charge on any atom is 0.236 e. The van der Waals surface area contributed by atoms with Gasteiger partial charge < -0.3 is 9.80 Å². The predicted molar refractivity (Wildman–Crippen MR) is 86.0 cm³/mol. The standard InChI is InChI=1S/C18H28N2O2/c1-14-6-4-10-19(13-14)17(21)12-18(22)20-11-5-8-15-7-2-3-9-16(15)20/h9,14-15H,2-8,10-13H2,1H3. The second-order valence-electron chi connectivity index (χ2n) is 7.21. The first-order chi connectivity index (χ1) is 10.6. The van der Waals surface area contributed by atoms with Crippen LogP contribution in [0, 0.1) is 11.8 Å². The van der Waals surface area contributed by atoms with E-state index < -0.39 is 0 Å². The van der Waals surface area contributed by atoms with Crippen molar-refractivity contribution in [1.82, 2.24) is 9.80 Å². The van der Waals surface area contributed by atoms with E-state index in [2.05, 4.69) is 13.0 Å². The zero-order valence-corrected chi connectivity index (χ0v) is 13.7. The topological polar surface area (TPSA) is 40.6 Å². The van der Waals surface area contributed by atoms with Crippen LogP contribution in [0.1, 0.15) is 58.3 Å². The van der Waals surface area contributed by atoms with Crippen molar-refractivity contribution in [3.63, 3.8) is 0 Å². The number of hydrogen-bond acceptors (Lipinski definition) is 2. The quantitative estimate of drug-likeness (QED) is 0.736. The number of carbonyl (C=O) groups is 2. The zero-order chi connectivity index (χ0) is 15.5. The highest BCUT2D eigenvalue weighted by Gasteiger charge is 2.32. The van der Waals surface area contributed by atoms with E-state index in [0.29, 0.717) is 11.8 Å². The van der Waals surface area contributed by atoms with Crippen LogP contribution in [0.4, 0.5) is 0 Å². The molecule has 0 bridgehead atoms. The van der Waals surface area contributed by atoms with Crippen LogP contribution in [0.5, 0.6) is 0 Å². The van der Waals surface area contributed by atoms with E-state index in [-0.39, 0.29) is 18.2 Å². The molecule has 3 aliphatic rings. The van der Waals surface area contributed by atoms with Crippen LogP contribution in [0.15, 0.2) is 11.8 Å². The highest BCUT2D eigenvalue weighted by atomic mass is 16.2. The van der Waals surface area contributed by atoms with Crippen molar-refractivity contribution in [3.05, 3.63) is 11.8 Å². The largest absolute Gasteiger partial charge is 0.342 e. The van der Waals surface area contributed by atoms with Gasteiger partial charge in [0.05, 0.1) is 0 Å². The SMILES string of the molecule is CC1CCCN(C(=O)CC(=O)N2CCCC3CCCC=C32)C1. The molecular formula is C18H28N2O2. The van der Waals surface area contributed by atoms with Crippen LogP contribution >= 0.6 is 0 Å². The van der Waals surface area contributed by atoms with Gasteiger partial charge >= 0.3 is 0 Å². The molecule has 2 heterocycles. The Morgan fingerprint density at radius 3 is 2.68 bits per heavy atom. The molecule has 0 aromatic heterocycles. The first-order valence-electron chi connectivity index (χ1n) is 8.93. The average Bonchev–Trinajstić information content (AvgIpc) is 2.54. The first-order valence-corrected chi connectivity index (χ1v) is 8.93. The van der Waals surface area contributed by atoms with Crippen molar-refractivity contribution in [2.45, 2.75) is 58.3 Å². The molecule has 2 saturated heterocycles. The smallest absolute Gasteiger partial charge is 0.236 e. The Kier molecular flexibility index (Phi) is 4.84. The van der Waals surface area contributed by atoms with Crippen LogP contribution in [0.25, 0.3) is 0 Å². The van der Waals surface area contributed by atoms with Crippen LogP contribution < -0.4 is 0 Å². The lowest BCUT2D eigenvalue weighted by Gasteiger charge is -2.38. The number of piperidine rings is 2. The van der Waals surface area contributed by atoms with Crippen LogP contribution in [-0.4, -0.2) is 41.2 Å². The number of allylic oxidation sites excluding steroid dienone is 2. The van der Waals surface area contributed by atoms with Crippen molar-refractivity contribution in [3.8, 4) is 0 Å². The van der Waals surface area contributed by atoms with Gasteiger partial charge in [0.25, 0.3) is 0 Å². The van der Waals surface area contributed by atoms with Crippen LogP contribution in [-0.2, 0) is 9.59 Å². The second kappa shape index (κ2) is 6.84. The van der Waals surface area contributed by atoms with Gasteiger partial charge in [-0.15, -0.1) is 0 Å². The summed E-state index contributed by atoms with van der Waals surface area (Å²) >= 11 is 0. The summed E-state index contributed by atoms with van der Waals surface area (Å²) in [7, 11) is 0. The minimum absolute atomic E-state index is 0.0149. The van der Waals surface area contributed by atoms with Crippen molar-refractivity contribution < 1.29 is 9.59 Å². The Labute approximate surface area is 133 Å². The molecule has 0 aromatic carbocycles. The lowest BCUT2D eigenvalue weighted by Crippen LogP contribution is -2.44. The van der Waals surface area contributed by atoms with Crippen molar-refractivity contribution in [1.29, 1.82) is 0 Å². The summed E-state index contributed by atoms with van der Waals surface area (Å²) in [6, 6.07) is 0. The predicted octanol–water partition coefficient (Wildman–Crippen LogP) is 2.94. The van der Waals surface area contributed by atoms with Gasteiger partial charge in [-0.05, 0) is 56.8 Å². The lowest BCUT2D eigenvalue weighted by atomic mass is 9.85. The third-order valence-electron chi connectivity index (χ3n) is 5.39.